The first-order chi connectivity index (χ1) is 14.3. The molecule has 12 heteroatoms. The number of aromatic nitrogens is 1. The van der Waals surface area contributed by atoms with Crippen LogP contribution in [0, 0.1) is 0 Å². The fourth-order valence-electron chi connectivity index (χ4n) is 3.35. The van der Waals surface area contributed by atoms with E-state index in [1.807, 2.05) is 0 Å². The third kappa shape index (κ3) is 4.93. The molecule has 0 spiro atoms. The van der Waals surface area contributed by atoms with Gasteiger partial charge in [0.25, 0.3) is 0 Å². The van der Waals surface area contributed by atoms with Crippen molar-refractivity contribution in [1.29, 1.82) is 0 Å². The minimum Gasteiger partial charge on any atom is -0.433 e. The average molecular weight is 486 g/mol. The lowest BCUT2D eigenvalue weighted by Crippen LogP contribution is -2.42. The van der Waals surface area contributed by atoms with E-state index in [4.69, 9.17) is 16.3 Å². The molecule has 0 bridgehead atoms. The first-order valence-corrected chi connectivity index (χ1v) is 10.8. The predicted octanol–water partition coefficient (Wildman–Crippen LogP) is 5.44. The number of nitrogens with zero attached hydrogens (tertiary/aromatic N) is 1. The van der Waals surface area contributed by atoms with Crippen LogP contribution in [0.2, 0.25) is 5.02 Å². The molecule has 0 amide bonds. The van der Waals surface area contributed by atoms with Crippen molar-refractivity contribution in [2.75, 3.05) is 6.61 Å². The van der Waals surface area contributed by atoms with Gasteiger partial charge in [-0.15, -0.1) is 0 Å². The Bertz CT molecular complexity index is 1060. The van der Waals surface area contributed by atoms with Crippen LogP contribution < -0.4 is 4.74 Å². The van der Waals surface area contributed by atoms with E-state index in [1.54, 1.807) is 0 Å². The van der Waals surface area contributed by atoms with Gasteiger partial charge in [-0.25, -0.2) is 8.42 Å². The summed E-state index contributed by atoms with van der Waals surface area (Å²) in [4.78, 5) is 3.51. The van der Waals surface area contributed by atoms with Crippen LogP contribution in [0.4, 0.5) is 22.0 Å². The summed E-state index contributed by atoms with van der Waals surface area (Å²) in [5.41, 5.74) is -0.950. The topological polar surface area (TPSA) is 65.5 Å². The molecular formula is C19H17ClF5NO4S. The van der Waals surface area contributed by atoms with Gasteiger partial charge in [0, 0.05) is 12.7 Å². The lowest BCUT2D eigenvalue weighted by molar-refractivity contribution is -0.137. The molecule has 31 heavy (non-hydrogen) atoms. The Balaban J connectivity index is 1.91. The SMILES string of the molecule is C[C@]1(S(=O)(=O)c2cccc(C(F)(F)F)c2)CCO[C@@H](c2ncc(OC(F)F)cc2Cl)C1. The number of pyridine rings is 1. The van der Waals surface area contributed by atoms with E-state index in [2.05, 4.69) is 9.72 Å². The predicted molar refractivity (Wildman–Crippen MR) is 101 cm³/mol. The Morgan fingerprint density at radius 3 is 2.61 bits per heavy atom. The summed E-state index contributed by atoms with van der Waals surface area (Å²) in [6, 6.07) is 4.65. The summed E-state index contributed by atoms with van der Waals surface area (Å²) in [6.07, 6.45) is -4.71. The molecule has 0 unspecified atom stereocenters. The second-order valence-electron chi connectivity index (χ2n) is 7.21. The number of rotatable bonds is 5. The quantitative estimate of drug-likeness (QED) is 0.528. The molecule has 0 aliphatic carbocycles. The largest absolute Gasteiger partial charge is 0.433 e. The highest BCUT2D eigenvalue weighted by atomic mass is 35.5. The number of ether oxygens (including phenoxy) is 2. The van der Waals surface area contributed by atoms with Crippen LogP contribution in [-0.4, -0.2) is 31.4 Å². The highest BCUT2D eigenvalue weighted by molar-refractivity contribution is 7.92. The Morgan fingerprint density at radius 2 is 2.00 bits per heavy atom. The van der Waals surface area contributed by atoms with E-state index in [-0.39, 0.29) is 35.9 Å². The standard InChI is InChI=1S/C19H17ClF5NO4S/c1-18(31(27,28)13-4-2-3-11(7-13)19(23,24)25)5-6-29-15(9-18)16-14(20)8-12(10-26-16)30-17(21)22/h2-4,7-8,10,15,17H,5-6,9H2,1H3/t15-,18+/m1/s1. The van der Waals surface area contributed by atoms with Gasteiger partial charge < -0.3 is 9.47 Å². The van der Waals surface area contributed by atoms with Crippen LogP contribution in [0.25, 0.3) is 0 Å². The van der Waals surface area contributed by atoms with Gasteiger partial charge in [0.15, 0.2) is 9.84 Å². The minimum absolute atomic E-state index is 0.0212. The first kappa shape index (κ1) is 23.7. The lowest BCUT2D eigenvalue weighted by Gasteiger charge is -2.37. The summed E-state index contributed by atoms with van der Waals surface area (Å²) in [6.45, 7) is -1.68. The van der Waals surface area contributed by atoms with Crippen molar-refractivity contribution in [3.8, 4) is 5.75 Å². The second-order valence-corrected chi connectivity index (χ2v) is 10.1. The Morgan fingerprint density at radius 1 is 1.29 bits per heavy atom. The van der Waals surface area contributed by atoms with E-state index in [9.17, 15) is 30.4 Å². The lowest BCUT2D eigenvalue weighted by atomic mass is 9.94. The highest BCUT2D eigenvalue weighted by Crippen LogP contribution is 2.44. The molecular weight excluding hydrogens is 469 g/mol. The van der Waals surface area contributed by atoms with E-state index in [0.29, 0.717) is 6.07 Å². The summed E-state index contributed by atoms with van der Waals surface area (Å²) >= 11 is 6.10. The average Bonchev–Trinajstić information content (AvgIpc) is 2.67. The summed E-state index contributed by atoms with van der Waals surface area (Å²) in [7, 11) is -4.20. The molecule has 2 aromatic rings. The molecule has 0 saturated carbocycles. The van der Waals surface area contributed by atoms with Crippen LogP contribution in [0.15, 0.2) is 41.4 Å². The Hall–Kier alpha value is -1.98. The van der Waals surface area contributed by atoms with Crippen LogP contribution in [0.5, 0.6) is 5.75 Å². The van der Waals surface area contributed by atoms with Gasteiger partial charge in [-0.05, 0) is 38.0 Å². The Kier molecular flexibility index (Phi) is 6.50. The molecule has 0 radical (unpaired) electrons. The molecule has 1 aliphatic heterocycles. The van der Waals surface area contributed by atoms with Crippen molar-refractivity contribution < 1.29 is 39.8 Å². The monoisotopic (exact) mass is 485 g/mol. The molecule has 3 rings (SSSR count). The molecule has 1 saturated heterocycles. The number of alkyl halides is 5. The van der Waals surface area contributed by atoms with E-state index in [1.165, 1.54) is 6.92 Å². The van der Waals surface area contributed by atoms with Crippen molar-refractivity contribution in [2.45, 2.75) is 48.3 Å². The number of halogens is 6. The van der Waals surface area contributed by atoms with Gasteiger partial charge in [0.1, 0.15) is 11.9 Å². The molecule has 1 fully saturated rings. The van der Waals surface area contributed by atoms with Gasteiger partial charge in [-0.3, -0.25) is 4.98 Å². The highest BCUT2D eigenvalue weighted by Gasteiger charge is 2.46. The van der Waals surface area contributed by atoms with Crippen molar-refractivity contribution in [1.82, 2.24) is 4.98 Å². The number of benzene rings is 1. The van der Waals surface area contributed by atoms with Gasteiger partial charge in [-0.2, -0.15) is 22.0 Å². The second kappa shape index (κ2) is 8.51. The summed E-state index contributed by atoms with van der Waals surface area (Å²) < 4.78 is 98.6. The molecule has 5 nitrogen and oxygen atoms in total. The maximum Gasteiger partial charge on any atom is 0.416 e. The molecule has 1 aliphatic rings. The van der Waals surface area contributed by atoms with Crippen molar-refractivity contribution in [2.24, 2.45) is 0 Å². The third-order valence-electron chi connectivity index (χ3n) is 5.06. The van der Waals surface area contributed by atoms with Gasteiger partial charge >= 0.3 is 12.8 Å². The maximum atomic E-state index is 13.2. The summed E-state index contributed by atoms with van der Waals surface area (Å²) in [5.74, 6) is -0.279. The van der Waals surface area contributed by atoms with Crippen LogP contribution >= 0.6 is 11.6 Å². The molecule has 170 valence electrons. The van der Waals surface area contributed by atoms with E-state index >= 15 is 0 Å². The zero-order valence-corrected chi connectivity index (χ0v) is 17.6. The zero-order chi connectivity index (χ0) is 23.0. The van der Waals surface area contributed by atoms with Gasteiger partial charge in [0.2, 0.25) is 0 Å². The zero-order valence-electron chi connectivity index (χ0n) is 16.0. The van der Waals surface area contributed by atoms with Crippen LogP contribution in [0.1, 0.15) is 37.1 Å². The van der Waals surface area contributed by atoms with Gasteiger partial charge in [-0.1, -0.05) is 17.7 Å². The molecule has 0 N–H and O–H groups in total. The van der Waals surface area contributed by atoms with E-state index < -0.39 is 43.9 Å². The minimum atomic E-state index is -4.69. The third-order valence-corrected chi connectivity index (χ3v) is 7.91. The normalized spacial score (nSPS) is 22.5. The van der Waals surface area contributed by atoms with Crippen LogP contribution in [-0.2, 0) is 20.8 Å². The molecule has 2 atom stereocenters. The molecule has 1 aromatic heterocycles. The molecule has 1 aromatic carbocycles. The van der Waals surface area contributed by atoms with E-state index in [0.717, 1.165) is 30.5 Å². The van der Waals surface area contributed by atoms with Crippen molar-refractivity contribution in [3.63, 3.8) is 0 Å². The number of hydrogen-bond donors (Lipinski definition) is 0. The van der Waals surface area contributed by atoms with Crippen molar-refractivity contribution in [3.05, 3.63) is 52.8 Å². The first-order valence-electron chi connectivity index (χ1n) is 8.97. The fraction of sp³-hybridized carbons (Fsp3) is 0.421. The smallest absolute Gasteiger partial charge is 0.416 e. The van der Waals surface area contributed by atoms with Crippen LogP contribution in [0.3, 0.4) is 0 Å². The maximum absolute atomic E-state index is 13.2. The number of hydrogen-bond acceptors (Lipinski definition) is 5. The molecule has 2 heterocycles. The van der Waals surface area contributed by atoms with Crippen molar-refractivity contribution >= 4 is 21.4 Å². The Labute approximate surface area is 180 Å². The van der Waals surface area contributed by atoms with Gasteiger partial charge in [0.05, 0.1) is 32.1 Å². The fourth-order valence-corrected chi connectivity index (χ4v) is 5.46. The number of sulfone groups is 1. The summed E-state index contributed by atoms with van der Waals surface area (Å²) in [5, 5.41) is -0.0659.